The zero-order chi connectivity index (χ0) is 15.9. The summed E-state index contributed by atoms with van der Waals surface area (Å²) < 4.78 is 18.6. The van der Waals surface area contributed by atoms with Crippen LogP contribution in [0.25, 0.3) is 0 Å². The molecule has 22 heavy (non-hydrogen) atoms. The highest BCUT2D eigenvalue weighted by molar-refractivity contribution is 5.88. The maximum absolute atomic E-state index is 13.4. The smallest absolute Gasteiger partial charge is 0.335 e. The highest BCUT2D eigenvalue weighted by Gasteiger charge is 2.07. The van der Waals surface area contributed by atoms with Gasteiger partial charge in [0.25, 0.3) is 5.91 Å². The molecule has 114 valence electrons. The number of ether oxygens (including phenoxy) is 1. The number of carbonyl (C=O) groups excluding carboxylic acids is 1. The second-order valence-electron chi connectivity index (χ2n) is 4.49. The van der Waals surface area contributed by atoms with Crippen molar-refractivity contribution in [2.45, 2.75) is 6.54 Å². The van der Waals surface area contributed by atoms with Crippen LogP contribution in [0.1, 0.15) is 15.9 Å². The molecule has 0 saturated heterocycles. The predicted octanol–water partition coefficient (Wildman–Crippen LogP) is 2.22. The highest BCUT2D eigenvalue weighted by atomic mass is 19.1. The Hall–Kier alpha value is -2.89. The molecule has 0 aliphatic heterocycles. The SMILES string of the molecule is O=C(COc1cccc(C(=O)O)c1)NCc1ccccc1F. The molecule has 0 unspecified atom stereocenters. The van der Waals surface area contributed by atoms with Crippen molar-refractivity contribution in [1.29, 1.82) is 0 Å². The summed E-state index contributed by atoms with van der Waals surface area (Å²) in [6.07, 6.45) is 0. The number of benzene rings is 2. The van der Waals surface area contributed by atoms with Crippen molar-refractivity contribution >= 4 is 11.9 Å². The Morgan fingerprint density at radius 3 is 2.64 bits per heavy atom. The fraction of sp³-hybridized carbons (Fsp3) is 0.125. The number of carboxylic acid groups (broad SMARTS) is 1. The minimum Gasteiger partial charge on any atom is -0.484 e. The molecule has 2 aromatic carbocycles. The van der Waals surface area contributed by atoms with Crippen LogP contribution in [0, 0.1) is 5.82 Å². The highest BCUT2D eigenvalue weighted by Crippen LogP contribution is 2.13. The summed E-state index contributed by atoms with van der Waals surface area (Å²) in [6.45, 7) is -0.221. The Morgan fingerprint density at radius 1 is 1.14 bits per heavy atom. The molecule has 0 heterocycles. The molecule has 0 atom stereocenters. The van der Waals surface area contributed by atoms with E-state index < -0.39 is 17.7 Å². The first-order valence-corrected chi connectivity index (χ1v) is 6.52. The molecule has 2 rings (SSSR count). The normalized spacial score (nSPS) is 10.0. The van der Waals surface area contributed by atoms with Crippen LogP contribution >= 0.6 is 0 Å². The van der Waals surface area contributed by atoms with Gasteiger partial charge in [-0.05, 0) is 24.3 Å². The first-order valence-electron chi connectivity index (χ1n) is 6.52. The maximum Gasteiger partial charge on any atom is 0.335 e. The Labute approximate surface area is 126 Å². The number of carboxylic acids is 1. The van der Waals surface area contributed by atoms with Crippen molar-refractivity contribution in [3.8, 4) is 5.75 Å². The predicted molar refractivity (Wildman–Crippen MR) is 77.1 cm³/mol. The van der Waals surface area contributed by atoms with Gasteiger partial charge in [-0.25, -0.2) is 9.18 Å². The molecule has 0 bridgehead atoms. The standard InChI is InChI=1S/C16H14FNO4/c17-14-7-2-1-4-12(14)9-18-15(19)10-22-13-6-3-5-11(8-13)16(20)21/h1-8H,9-10H2,(H,18,19)(H,20,21). The molecule has 0 aliphatic rings. The van der Waals surface area contributed by atoms with Crippen LogP contribution < -0.4 is 10.1 Å². The number of hydrogen-bond donors (Lipinski definition) is 2. The van der Waals surface area contributed by atoms with Crippen molar-refractivity contribution < 1.29 is 23.8 Å². The van der Waals surface area contributed by atoms with Crippen LogP contribution in [-0.4, -0.2) is 23.6 Å². The van der Waals surface area contributed by atoms with Gasteiger partial charge in [0.2, 0.25) is 0 Å². The molecule has 0 fully saturated rings. The van der Waals surface area contributed by atoms with Gasteiger partial charge in [-0.3, -0.25) is 4.79 Å². The Bertz CT molecular complexity index is 687. The van der Waals surface area contributed by atoms with Gasteiger partial charge in [-0.2, -0.15) is 0 Å². The molecule has 1 amide bonds. The molecule has 2 aromatic rings. The lowest BCUT2D eigenvalue weighted by atomic mass is 10.2. The summed E-state index contributed by atoms with van der Waals surface area (Å²) in [6, 6.07) is 12.0. The van der Waals surface area contributed by atoms with E-state index in [0.29, 0.717) is 5.56 Å². The number of hydrogen-bond acceptors (Lipinski definition) is 3. The first kappa shape index (κ1) is 15.5. The fourth-order valence-corrected chi connectivity index (χ4v) is 1.75. The largest absolute Gasteiger partial charge is 0.484 e. The van der Waals surface area contributed by atoms with E-state index in [1.807, 2.05) is 0 Å². The lowest BCUT2D eigenvalue weighted by Crippen LogP contribution is -2.28. The molecule has 5 nitrogen and oxygen atoms in total. The van der Waals surface area contributed by atoms with Crippen LogP contribution in [0.4, 0.5) is 4.39 Å². The van der Waals surface area contributed by atoms with Crippen molar-refractivity contribution in [2.24, 2.45) is 0 Å². The number of carbonyl (C=O) groups is 2. The van der Waals surface area contributed by atoms with Gasteiger partial charge < -0.3 is 15.2 Å². The van der Waals surface area contributed by atoms with Gasteiger partial charge in [-0.1, -0.05) is 24.3 Å². The van der Waals surface area contributed by atoms with E-state index in [4.69, 9.17) is 9.84 Å². The van der Waals surface area contributed by atoms with Gasteiger partial charge in [-0.15, -0.1) is 0 Å². The minimum absolute atomic E-state index is 0.0596. The van der Waals surface area contributed by atoms with E-state index >= 15 is 0 Å². The molecule has 0 aromatic heterocycles. The second kappa shape index (κ2) is 7.21. The molecule has 0 radical (unpaired) electrons. The molecule has 0 aliphatic carbocycles. The molecule has 0 spiro atoms. The summed E-state index contributed by atoms with van der Waals surface area (Å²) in [5, 5.41) is 11.4. The van der Waals surface area contributed by atoms with E-state index in [1.165, 1.54) is 24.3 Å². The van der Waals surface area contributed by atoms with E-state index in [-0.39, 0.29) is 24.5 Å². The molecule has 0 saturated carbocycles. The average molecular weight is 303 g/mol. The number of rotatable bonds is 6. The third-order valence-electron chi connectivity index (χ3n) is 2.88. The van der Waals surface area contributed by atoms with Crippen molar-refractivity contribution in [2.75, 3.05) is 6.61 Å². The quantitative estimate of drug-likeness (QED) is 0.858. The molecular formula is C16H14FNO4. The molecule has 6 heteroatoms. The van der Waals surface area contributed by atoms with Crippen LogP contribution in [0.3, 0.4) is 0 Å². The lowest BCUT2D eigenvalue weighted by Gasteiger charge is -2.08. The Balaban J connectivity index is 1.84. The number of nitrogens with one attached hydrogen (secondary N) is 1. The number of aromatic carboxylic acids is 1. The first-order chi connectivity index (χ1) is 10.6. The number of amides is 1. The average Bonchev–Trinajstić information content (AvgIpc) is 2.52. The van der Waals surface area contributed by atoms with Gasteiger partial charge >= 0.3 is 5.97 Å². The topological polar surface area (TPSA) is 75.6 Å². The third kappa shape index (κ3) is 4.31. The molecular weight excluding hydrogens is 289 g/mol. The van der Waals surface area contributed by atoms with Crippen LogP contribution in [0.2, 0.25) is 0 Å². The van der Waals surface area contributed by atoms with Gasteiger partial charge in [0, 0.05) is 12.1 Å². The van der Waals surface area contributed by atoms with E-state index in [0.717, 1.165) is 0 Å². The summed E-state index contributed by atoms with van der Waals surface area (Å²) >= 11 is 0. The second-order valence-corrected chi connectivity index (χ2v) is 4.49. The Kier molecular flexibility index (Phi) is 5.08. The third-order valence-corrected chi connectivity index (χ3v) is 2.88. The van der Waals surface area contributed by atoms with E-state index in [1.54, 1.807) is 24.3 Å². The van der Waals surface area contributed by atoms with Gasteiger partial charge in [0.15, 0.2) is 6.61 Å². The zero-order valence-corrected chi connectivity index (χ0v) is 11.6. The zero-order valence-electron chi connectivity index (χ0n) is 11.6. The Morgan fingerprint density at radius 2 is 1.91 bits per heavy atom. The van der Waals surface area contributed by atoms with E-state index in [2.05, 4.69) is 5.32 Å². The summed E-state index contributed by atoms with van der Waals surface area (Å²) in [5.74, 6) is -1.61. The summed E-state index contributed by atoms with van der Waals surface area (Å²) in [5.41, 5.74) is 0.452. The number of halogens is 1. The maximum atomic E-state index is 13.4. The van der Waals surface area contributed by atoms with Crippen molar-refractivity contribution in [1.82, 2.24) is 5.32 Å². The van der Waals surface area contributed by atoms with Crippen LogP contribution in [-0.2, 0) is 11.3 Å². The van der Waals surface area contributed by atoms with Crippen LogP contribution in [0.5, 0.6) is 5.75 Å². The summed E-state index contributed by atoms with van der Waals surface area (Å²) in [7, 11) is 0. The van der Waals surface area contributed by atoms with Crippen LogP contribution in [0.15, 0.2) is 48.5 Å². The monoisotopic (exact) mass is 303 g/mol. The minimum atomic E-state index is -1.07. The van der Waals surface area contributed by atoms with Gasteiger partial charge in [0.1, 0.15) is 11.6 Å². The van der Waals surface area contributed by atoms with Crippen molar-refractivity contribution in [3.63, 3.8) is 0 Å². The summed E-state index contributed by atoms with van der Waals surface area (Å²) in [4.78, 5) is 22.5. The van der Waals surface area contributed by atoms with Crippen molar-refractivity contribution in [3.05, 3.63) is 65.5 Å². The van der Waals surface area contributed by atoms with Gasteiger partial charge in [0.05, 0.1) is 5.56 Å². The van der Waals surface area contributed by atoms with E-state index in [9.17, 15) is 14.0 Å². The molecule has 2 N–H and O–H groups in total. The fourth-order valence-electron chi connectivity index (χ4n) is 1.75. The lowest BCUT2D eigenvalue weighted by molar-refractivity contribution is -0.123.